The lowest BCUT2D eigenvalue weighted by atomic mass is 9.97. The van der Waals surface area contributed by atoms with Gasteiger partial charge in [0.05, 0.1) is 6.04 Å². The van der Waals surface area contributed by atoms with E-state index in [-0.39, 0.29) is 30.3 Å². The molecule has 1 rings (SSSR count). The Morgan fingerprint density at radius 1 is 1.39 bits per heavy atom. The molecule has 2 unspecified atom stereocenters. The maximum Gasteiger partial charge on any atom is 0.246 e. The number of amides is 2. The zero-order chi connectivity index (χ0) is 13.9. The van der Waals surface area contributed by atoms with E-state index in [1.54, 1.807) is 0 Å². The molecule has 1 aliphatic heterocycles. The summed E-state index contributed by atoms with van der Waals surface area (Å²) in [4.78, 5) is 25.5. The molecule has 0 spiro atoms. The summed E-state index contributed by atoms with van der Waals surface area (Å²) in [5, 5.41) is 2.75. The van der Waals surface area contributed by atoms with Gasteiger partial charge < -0.3 is 10.2 Å². The fourth-order valence-corrected chi connectivity index (χ4v) is 2.24. The van der Waals surface area contributed by atoms with E-state index in [1.165, 1.54) is 4.90 Å². The zero-order valence-electron chi connectivity index (χ0n) is 11.6. The number of piperazine rings is 1. The maximum atomic E-state index is 12.3. The van der Waals surface area contributed by atoms with Gasteiger partial charge in [0.25, 0.3) is 0 Å². The summed E-state index contributed by atoms with van der Waals surface area (Å²) in [6.07, 6.45) is 6.13. The molecule has 0 saturated carbocycles. The first kappa shape index (κ1) is 14.6. The van der Waals surface area contributed by atoms with Crippen molar-refractivity contribution >= 4 is 11.8 Å². The molecule has 0 aromatic rings. The topological polar surface area (TPSA) is 49.4 Å². The number of carbonyl (C=O) groups excluding carboxylic acids is 2. The minimum atomic E-state index is -0.430. The molecule has 1 aliphatic rings. The highest BCUT2D eigenvalue weighted by molar-refractivity contribution is 5.95. The average Bonchev–Trinajstić information content (AvgIpc) is 2.24. The standard InChI is InChI=1S/C14H22N2O2/c1-6-12(10(4)5)16-8-13(17)15-11(14(16)18)7-9(2)3/h1,9-12H,7-8H2,2-5H3,(H,15,17). The van der Waals surface area contributed by atoms with Crippen molar-refractivity contribution in [3.63, 3.8) is 0 Å². The molecule has 4 nitrogen and oxygen atoms in total. The molecule has 18 heavy (non-hydrogen) atoms. The van der Waals surface area contributed by atoms with Crippen LogP contribution in [0.2, 0.25) is 0 Å². The van der Waals surface area contributed by atoms with Crippen molar-refractivity contribution in [2.24, 2.45) is 11.8 Å². The Labute approximate surface area is 109 Å². The monoisotopic (exact) mass is 250 g/mol. The van der Waals surface area contributed by atoms with Gasteiger partial charge in [-0.05, 0) is 18.3 Å². The Morgan fingerprint density at radius 3 is 2.44 bits per heavy atom. The molecule has 4 heteroatoms. The molecule has 1 saturated heterocycles. The van der Waals surface area contributed by atoms with E-state index in [2.05, 4.69) is 11.2 Å². The van der Waals surface area contributed by atoms with Crippen LogP contribution in [0.4, 0.5) is 0 Å². The van der Waals surface area contributed by atoms with Crippen molar-refractivity contribution in [1.29, 1.82) is 0 Å². The third-order valence-corrected chi connectivity index (χ3v) is 3.08. The fourth-order valence-electron chi connectivity index (χ4n) is 2.24. The van der Waals surface area contributed by atoms with Crippen molar-refractivity contribution in [2.45, 2.75) is 46.2 Å². The van der Waals surface area contributed by atoms with E-state index in [1.807, 2.05) is 27.7 Å². The van der Waals surface area contributed by atoms with Crippen molar-refractivity contribution in [1.82, 2.24) is 10.2 Å². The first-order chi connectivity index (χ1) is 8.36. The number of rotatable bonds is 4. The van der Waals surface area contributed by atoms with Crippen LogP contribution < -0.4 is 5.32 Å². The normalized spacial score (nSPS) is 22.1. The van der Waals surface area contributed by atoms with E-state index in [4.69, 9.17) is 6.42 Å². The molecule has 1 fully saturated rings. The van der Waals surface area contributed by atoms with Gasteiger partial charge in [-0.25, -0.2) is 0 Å². The lowest BCUT2D eigenvalue weighted by Crippen LogP contribution is -2.61. The Kier molecular flexibility index (Phi) is 4.77. The summed E-state index contributed by atoms with van der Waals surface area (Å²) < 4.78 is 0. The molecule has 0 aliphatic carbocycles. The van der Waals surface area contributed by atoms with E-state index >= 15 is 0 Å². The predicted molar refractivity (Wildman–Crippen MR) is 70.6 cm³/mol. The van der Waals surface area contributed by atoms with Crippen LogP contribution >= 0.6 is 0 Å². The summed E-state index contributed by atoms with van der Waals surface area (Å²) in [6, 6.07) is -0.737. The summed E-state index contributed by atoms with van der Waals surface area (Å²) in [7, 11) is 0. The zero-order valence-corrected chi connectivity index (χ0v) is 11.6. The van der Waals surface area contributed by atoms with Gasteiger partial charge in [0.15, 0.2) is 0 Å². The van der Waals surface area contributed by atoms with Crippen LogP contribution in [0.1, 0.15) is 34.1 Å². The quantitative estimate of drug-likeness (QED) is 0.757. The van der Waals surface area contributed by atoms with E-state index in [0.29, 0.717) is 12.3 Å². The van der Waals surface area contributed by atoms with Gasteiger partial charge in [-0.15, -0.1) is 6.42 Å². The van der Waals surface area contributed by atoms with Crippen LogP contribution in [0.15, 0.2) is 0 Å². The maximum absolute atomic E-state index is 12.3. The first-order valence-corrected chi connectivity index (χ1v) is 6.42. The highest BCUT2D eigenvalue weighted by atomic mass is 16.2. The molecule has 2 atom stereocenters. The second-order valence-corrected chi connectivity index (χ2v) is 5.57. The van der Waals surface area contributed by atoms with Crippen LogP contribution in [0, 0.1) is 24.2 Å². The lowest BCUT2D eigenvalue weighted by Gasteiger charge is -2.37. The predicted octanol–water partition coefficient (Wildman–Crippen LogP) is 1.02. The van der Waals surface area contributed by atoms with Gasteiger partial charge in [-0.1, -0.05) is 33.6 Å². The molecule has 0 aromatic carbocycles. The Hall–Kier alpha value is -1.50. The van der Waals surface area contributed by atoms with Crippen LogP contribution in [0.3, 0.4) is 0 Å². The van der Waals surface area contributed by atoms with Gasteiger partial charge in [-0.3, -0.25) is 9.59 Å². The molecular formula is C14H22N2O2. The van der Waals surface area contributed by atoms with Gasteiger partial charge in [0.1, 0.15) is 12.6 Å². The van der Waals surface area contributed by atoms with E-state index in [0.717, 1.165) is 0 Å². The number of nitrogens with one attached hydrogen (secondary N) is 1. The molecule has 1 heterocycles. The first-order valence-electron chi connectivity index (χ1n) is 6.42. The number of hydrogen-bond acceptors (Lipinski definition) is 2. The highest BCUT2D eigenvalue weighted by Gasteiger charge is 2.36. The smallest absolute Gasteiger partial charge is 0.246 e. The Bertz CT molecular complexity index is 368. The van der Waals surface area contributed by atoms with E-state index in [9.17, 15) is 9.59 Å². The second-order valence-electron chi connectivity index (χ2n) is 5.57. The summed E-state index contributed by atoms with van der Waals surface area (Å²) in [6.45, 7) is 8.04. The third-order valence-electron chi connectivity index (χ3n) is 3.08. The average molecular weight is 250 g/mol. The van der Waals surface area contributed by atoms with Crippen LogP contribution in [-0.4, -0.2) is 35.3 Å². The Balaban J connectivity index is 2.88. The van der Waals surface area contributed by atoms with Crippen molar-refractivity contribution in [2.75, 3.05) is 6.54 Å². The molecular weight excluding hydrogens is 228 g/mol. The summed E-state index contributed by atoms with van der Waals surface area (Å²) in [5.41, 5.74) is 0. The number of terminal acetylenes is 1. The largest absolute Gasteiger partial charge is 0.343 e. The van der Waals surface area contributed by atoms with Crippen molar-refractivity contribution in [3.8, 4) is 12.3 Å². The third kappa shape index (κ3) is 3.25. The van der Waals surface area contributed by atoms with Gasteiger partial charge >= 0.3 is 0 Å². The number of carbonyl (C=O) groups is 2. The second kappa shape index (κ2) is 5.90. The lowest BCUT2D eigenvalue weighted by molar-refractivity contribution is -0.146. The van der Waals surface area contributed by atoms with E-state index < -0.39 is 6.04 Å². The molecule has 0 radical (unpaired) electrons. The van der Waals surface area contributed by atoms with Gasteiger partial charge in [0, 0.05) is 0 Å². The van der Waals surface area contributed by atoms with Crippen molar-refractivity contribution < 1.29 is 9.59 Å². The van der Waals surface area contributed by atoms with Crippen molar-refractivity contribution in [3.05, 3.63) is 0 Å². The van der Waals surface area contributed by atoms with Crippen LogP contribution in [-0.2, 0) is 9.59 Å². The SMILES string of the molecule is C#CC(C(C)C)N1CC(=O)NC(CC(C)C)C1=O. The minimum absolute atomic E-state index is 0.0556. The number of hydrogen-bond donors (Lipinski definition) is 1. The molecule has 0 aromatic heterocycles. The summed E-state index contributed by atoms with van der Waals surface area (Å²) in [5.74, 6) is 2.93. The number of nitrogens with zero attached hydrogens (tertiary/aromatic N) is 1. The minimum Gasteiger partial charge on any atom is -0.343 e. The molecule has 1 N–H and O–H groups in total. The van der Waals surface area contributed by atoms with Gasteiger partial charge in [0.2, 0.25) is 11.8 Å². The Morgan fingerprint density at radius 2 is 2.00 bits per heavy atom. The molecule has 100 valence electrons. The fraction of sp³-hybridized carbons (Fsp3) is 0.714. The van der Waals surface area contributed by atoms with Crippen LogP contribution in [0.5, 0.6) is 0 Å². The molecule has 2 amide bonds. The highest BCUT2D eigenvalue weighted by Crippen LogP contribution is 2.17. The van der Waals surface area contributed by atoms with Crippen LogP contribution in [0.25, 0.3) is 0 Å². The van der Waals surface area contributed by atoms with Gasteiger partial charge in [-0.2, -0.15) is 0 Å². The summed E-state index contributed by atoms with van der Waals surface area (Å²) >= 11 is 0. The molecule has 0 bridgehead atoms.